The van der Waals surface area contributed by atoms with Crippen LogP contribution in [-0.4, -0.2) is 16.2 Å². The quantitative estimate of drug-likeness (QED) is 0.710. The van der Waals surface area contributed by atoms with Crippen LogP contribution in [-0.2, 0) is 17.4 Å². The summed E-state index contributed by atoms with van der Waals surface area (Å²) in [6.07, 6.45) is 1.83. The summed E-state index contributed by atoms with van der Waals surface area (Å²) in [6.45, 7) is 10.5. The molecule has 2 rings (SSSR count). The first-order chi connectivity index (χ1) is 11.7. The number of phenolic OH excluding ortho intramolecular Hbond substituents is 1. The summed E-state index contributed by atoms with van der Waals surface area (Å²) < 4.78 is 11.0. The van der Waals surface area contributed by atoms with E-state index >= 15 is 0 Å². The van der Waals surface area contributed by atoms with E-state index in [-0.39, 0.29) is 5.92 Å². The lowest BCUT2D eigenvalue weighted by Gasteiger charge is -2.18. The summed E-state index contributed by atoms with van der Waals surface area (Å²) in [4.78, 5) is 9.11. The summed E-state index contributed by atoms with van der Waals surface area (Å²) in [7, 11) is -2.42. The zero-order valence-electron chi connectivity index (χ0n) is 15.8. The first-order valence-corrected chi connectivity index (χ1v) is 10.4. The Bertz CT molecular complexity index is 794. The standard InChI is InChI=1S/C21H29O3P/c1-13(2)19-11-17(6-7-21(19)22)12-20-14(3)10-18(8-9-25(23)24)15(4)16(20)5/h6-7,10-11,13,22,25H,8-9,12H2,1-5H3,(H,23,24). The van der Waals surface area contributed by atoms with Crippen molar-refractivity contribution in [3.63, 3.8) is 0 Å². The molecule has 0 radical (unpaired) electrons. The van der Waals surface area contributed by atoms with Gasteiger partial charge in [-0.2, -0.15) is 0 Å². The lowest BCUT2D eigenvalue weighted by Crippen LogP contribution is -2.04. The van der Waals surface area contributed by atoms with Crippen molar-refractivity contribution in [3.8, 4) is 5.75 Å². The molecule has 2 aromatic carbocycles. The second kappa shape index (κ2) is 8.21. The fraction of sp³-hybridized carbons (Fsp3) is 0.429. The molecule has 2 aromatic rings. The van der Waals surface area contributed by atoms with Crippen LogP contribution in [0.5, 0.6) is 5.75 Å². The Hall–Kier alpha value is -1.57. The van der Waals surface area contributed by atoms with Gasteiger partial charge < -0.3 is 10.00 Å². The molecule has 25 heavy (non-hydrogen) atoms. The van der Waals surface area contributed by atoms with Crippen molar-refractivity contribution < 1.29 is 14.6 Å². The molecule has 0 aliphatic rings. The van der Waals surface area contributed by atoms with E-state index < -0.39 is 8.03 Å². The van der Waals surface area contributed by atoms with Gasteiger partial charge in [0.05, 0.1) is 0 Å². The van der Waals surface area contributed by atoms with Crippen LogP contribution in [0.4, 0.5) is 0 Å². The number of phenols is 1. The lowest BCUT2D eigenvalue weighted by atomic mass is 9.88. The van der Waals surface area contributed by atoms with E-state index in [1.807, 2.05) is 6.07 Å². The predicted molar refractivity (Wildman–Crippen MR) is 105 cm³/mol. The number of aromatic hydroxyl groups is 1. The van der Waals surface area contributed by atoms with Gasteiger partial charge in [0.2, 0.25) is 0 Å². The van der Waals surface area contributed by atoms with Crippen LogP contribution in [0.1, 0.15) is 58.7 Å². The van der Waals surface area contributed by atoms with Gasteiger partial charge >= 0.3 is 0 Å². The fourth-order valence-electron chi connectivity index (χ4n) is 3.37. The van der Waals surface area contributed by atoms with Crippen molar-refractivity contribution in [2.45, 2.75) is 53.4 Å². The number of benzene rings is 2. The molecule has 0 amide bonds. The van der Waals surface area contributed by atoms with Crippen LogP contribution in [0.25, 0.3) is 0 Å². The van der Waals surface area contributed by atoms with Gasteiger partial charge in [-0.1, -0.05) is 32.0 Å². The van der Waals surface area contributed by atoms with Crippen molar-refractivity contribution >= 4 is 8.03 Å². The van der Waals surface area contributed by atoms with Crippen molar-refractivity contribution in [1.82, 2.24) is 0 Å². The van der Waals surface area contributed by atoms with Crippen LogP contribution in [0.3, 0.4) is 0 Å². The van der Waals surface area contributed by atoms with E-state index in [1.54, 1.807) is 6.07 Å². The van der Waals surface area contributed by atoms with Gasteiger partial charge in [-0.15, -0.1) is 0 Å². The van der Waals surface area contributed by atoms with Gasteiger partial charge in [0.15, 0.2) is 8.03 Å². The van der Waals surface area contributed by atoms with Gasteiger partial charge in [0, 0.05) is 6.16 Å². The van der Waals surface area contributed by atoms with Gasteiger partial charge in [0.25, 0.3) is 0 Å². The molecule has 0 spiro atoms. The Morgan fingerprint density at radius 1 is 1.08 bits per heavy atom. The molecule has 1 unspecified atom stereocenters. The van der Waals surface area contributed by atoms with E-state index in [0.29, 0.717) is 18.3 Å². The van der Waals surface area contributed by atoms with Crippen molar-refractivity contribution in [2.24, 2.45) is 0 Å². The minimum absolute atomic E-state index is 0.285. The Kier molecular flexibility index (Phi) is 6.48. The van der Waals surface area contributed by atoms with E-state index in [4.69, 9.17) is 4.89 Å². The predicted octanol–water partition coefficient (Wildman–Crippen LogP) is 5.04. The fourth-order valence-corrected chi connectivity index (χ4v) is 3.86. The van der Waals surface area contributed by atoms with Gasteiger partial charge in [-0.3, -0.25) is 4.57 Å². The second-order valence-electron chi connectivity index (χ2n) is 7.20. The van der Waals surface area contributed by atoms with Crippen LogP contribution in [0.15, 0.2) is 24.3 Å². The highest BCUT2D eigenvalue weighted by Crippen LogP contribution is 2.30. The Morgan fingerprint density at radius 2 is 1.76 bits per heavy atom. The normalized spacial score (nSPS) is 12.6. The third-order valence-electron chi connectivity index (χ3n) is 5.07. The summed E-state index contributed by atoms with van der Waals surface area (Å²) in [5.74, 6) is 0.644. The summed E-state index contributed by atoms with van der Waals surface area (Å²) in [6, 6.07) is 8.03. The maximum absolute atomic E-state index is 11.0. The highest BCUT2D eigenvalue weighted by atomic mass is 31.1. The zero-order valence-corrected chi connectivity index (χ0v) is 16.8. The van der Waals surface area contributed by atoms with Crippen molar-refractivity contribution in [2.75, 3.05) is 6.16 Å². The third-order valence-corrected chi connectivity index (χ3v) is 5.74. The summed E-state index contributed by atoms with van der Waals surface area (Å²) in [5.41, 5.74) is 8.33. The molecule has 0 saturated carbocycles. The summed E-state index contributed by atoms with van der Waals surface area (Å²) >= 11 is 0. The molecule has 0 saturated heterocycles. The molecule has 0 aromatic heterocycles. The molecule has 4 heteroatoms. The Morgan fingerprint density at radius 3 is 2.36 bits per heavy atom. The monoisotopic (exact) mass is 360 g/mol. The largest absolute Gasteiger partial charge is 0.508 e. The Labute approximate surface area is 151 Å². The van der Waals surface area contributed by atoms with Crippen molar-refractivity contribution in [3.05, 3.63) is 63.2 Å². The molecule has 0 aliphatic heterocycles. The third kappa shape index (κ3) is 4.74. The average Bonchev–Trinajstić information content (AvgIpc) is 2.54. The molecule has 0 fully saturated rings. The van der Waals surface area contributed by atoms with Gasteiger partial charge in [-0.25, -0.2) is 0 Å². The number of rotatable bonds is 6. The van der Waals surface area contributed by atoms with Crippen LogP contribution < -0.4 is 0 Å². The maximum atomic E-state index is 11.0. The molecular weight excluding hydrogens is 331 g/mol. The molecular formula is C21H29O3P. The van der Waals surface area contributed by atoms with E-state index in [1.165, 1.54) is 33.4 Å². The highest BCUT2D eigenvalue weighted by molar-refractivity contribution is 7.37. The minimum atomic E-state index is -2.42. The lowest BCUT2D eigenvalue weighted by molar-refractivity contribution is 0.464. The van der Waals surface area contributed by atoms with E-state index in [9.17, 15) is 9.67 Å². The minimum Gasteiger partial charge on any atom is -0.508 e. The number of aryl methyl sites for hydroxylation is 2. The first-order valence-electron chi connectivity index (χ1n) is 8.82. The first kappa shape index (κ1) is 19.8. The molecule has 136 valence electrons. The van der Waals surface area contributed by atoms with Crippen LogP contribution in [0.2, 0.25) is 0 Å². The zero-order chi connectivity index (χ0) is 18.7. The number of hydrogen-bond acceptors (Lipinski definition) is 2. The molecule has 3 nitrogen and oxygen atoms in total. The van der Waals surface area contributed by atoms with Crippen LogP contribution >= 0.6 is 8.03 Å². The highest BCUT2D eigenvalue weighted by Gasteiger charge is 2.13. The molecule has 0 bridgehead atoms. The molecule has 0 heterocycles. The topological polar surface area (TPSA) is 57.5 Å². The van der Waals surface area contributed by atoms with Crippen molar-refractivity contribution in [1.29, 1.82) is 0 Å². The van der Waals surface area contributed by atoms with Gasteiger partial charge in [0.1, 0.15) is 5.75 Å². The number of hydrogen-bond donors (Lipinski definition) is 2. The Balaban J connectivity index is 2.36. The molecule has 0 aliphatic carbocycles. The summed E-state index contributed by atoms with van der Waals surface area (Å²) in [5, 5.41) is 10.0. The van der Waals surface area contributed by atoms with E-state index in [0.717, 1.165) is 12.0 Å². The molecule has 1 atom stereocenters. The van der Waals surface area contributed by atoms with Crippen LogP contribution in [0, 0.1) is 20.8 Å². The van der Waals surface area contributed by atoms with Gasteiger partial charge in [-0.05, 0) is 84.5 Å². The second-order valence-corrected chi connectivity index (χ2v) is 8.49. The van der Waals surface area contributed by atoms with E-state index in [2.05, 4.69) is 46.8 Å². The average molecular weight is 360 g/mol. The SMILES string of the molecule is Cc1cc(CC[PH](=O)O)c(C)c(C)c1Cc1ccc(O)c(C(C)C)c1. The maximum Gasteiger partial charge on any atom is 0.189 e. The molecule has 2 N–H and O–H groups in total. The smallest absolute Gasteiger partial charge is 0.189 e.